The Hall–Kier alpha value is -2.64. The second-order valence-corrected chi connectivity index (χ2v) is 6.32. The van der Waals surface area contributed by atoms with Crippen LogP contribution >= 0.6 is 23.8 Å². The van der Waals surface area contributed by atoms with Gasteiger partial charge in [-0.25, -0.2) is 0 Å². The van der Waals surface area contributed by atoms with Crippen molar-refractivity contribution < 1.29 is 14.3 Å². The minimum atomic E-state index is -0.476. The monoisotopic (exact) mass is 391 g/mol. The van der Waals surface area contributed by atoms with Gasteiger partial charge < -0.3 is 4.74 Å². The van der Waals surface area contributed by atoms with Gasteiger partial charge >= 0.3 is 0 Å². The lowest BCUT2D eigenvalue weighted by atomic mass is 10.2. The number of para-hydroxylation sites is 1. The molecule has 6 nitrogen and oxygen atoms in total. The normalized spacial score (nSPS) is 10.2. The lowest BCUT2D eigenvalue weighted by molar-refractivity contribution is 0.0933. The van der Waals surface area contributed by atoms with Crippen LogP contribution in [-0.4, -0.2) is 23.0 Å². The van der Waals surface area contributed by atoms with Gasteiger partial charge in [0.25, 0.3) is 11.8 Å². The summed E-state index contributed by atoms with van der Waals surface area (Å²) in [5, 5.41) is 2.73. The Bertz CT molecular complexity index is 827. The molecule has 0 atom stereocenters. The summed E-state index contributed by atoms with van der Waals surface area (Å²) >= 11 is 11.0. The van der Waals surface area contributed by atoms with E-state index in [9.17, 15) is 9.59 Å². The predicted molar refractivity (Wildman–Crippen MR) is 104 cm³/mol. The number of hydrogen-bond acceptors (Lipinski definition) is 4. The molecule has 0 aliphatic carbocycles. The Labute approximate surface area is 161 Å². The van der Waals surface area contributed by atoms with Crippen molar-refractivity contribution >= 4 is 40.7 Å². The first-order chi connectivity index (χ1) is 12.4. The third kappa shape index (κ3) is 5.44. The van der Waals surface area contributed by atoms with E-state index in [1.807, 2.05) is 13.8 Å². The number of halogens is 1. The van der Waals surface area contributed by atoms with Gasteiger partial charge in [0.05, 0.1) is 22.3 Å². The number of carbonyl (C=O) groups excluding carboxylic acids is 2. The summed E-state index contributed by atoms with van der Waals surface area (Å²) in [6.07, 6.45) is -0.0797. The van der Waals surface area contributed by atoms with E-state index in [0.29, 0.717) is 16.3 Å². The third-order valence-corrected chi connectivity index (χ3v) is 3.66. The van der Waals surface area contributed by atoms with Crippen LogP contribution in [0.2, 0.25) is 5.02 Å². The van der Waals surface area contributed by atoms with Crippen LogP contribution in [-0.2, 0) is 0 Å². The smallest absolute Gasteiger partial charge is 0.271 e. The number of hydrazine groups is 1. The summed E-state index contributed by atoms with van der Waals surface area (Å²) in [6.45, 7) is 3.73. The molecule has 2 aromatic rings. The Morgan fingerprint density at radius 1 is 0.962 bits per heavy atom. The first-order valence-electron chi connectivity index (χ1n) is 7.80. The van der Waals surface area contributed by atoms with Gasteiger partial charge in [-0.2, -0.15) is 0 Å². The third-order valence-electron chi connectivity index (χ3n) is 3.13. The maximum atomic E-state index is 12.4. The van der Waals surface area contributed by atoms with Gasteiger partial charge in [0.2, 0.25) is 0 Å². The van der Waals surface area contributed by atoms with Crippen molar-refractivity contribution in [3.05, 3.63) is 64.7 Å². The first kappa shape index (κ1) is 19.7. The fraction of sp³-hybridized carbons (Fsp3) is 0.167. The summed E-state index contributed by atoms with van der Waals surface area (Å²) in [6, 6.07) is 13.4. The summed E-state index contributed by atoms with van der Waals surface area (Å²) in [5.74, 6) is -0.482. The topological polar surface area (TPSA) is 79.5 Å². The van der Waals surface area contributed by atoms with E-state index >= 15 is 0 Å². The van der Waals surface area contributed by atoms with Gasteiger partial charge in [-0.3, -0.25) is 25.8 Å². The van der Waals surface area contributed by atoms with E-state index in [2.05, 4.69) is 16.2 Å². The van der Waals surface area contributed by atoms with Crippen molar-refractivity contribution in [1.29, 1.82) is 0 Å². The molecule has 0 unspecified atom stereocenters. The molecule has 0 saturated carbocycles. The Morgan fingerprint density at radius 2 is 1.58 bits per heavy atom. The number of rotatable bonds is 4. The van der Waals surface area contributed by atoms with Gasteiger partial charge in [0, 0.05) is 0 Å². The van der Waals surface area contributed by atoms with Gasteiger partial charge in [0.1, 0.15) is 5.75 Å². The molecule has 2 amide bonds. The van der Waals surface area contributed by atoms with E-state index in [-0.39, 0.29) is 16.8 Å². The molecular weight excluding hydrogens is 374 g/mol. The number of thiocarbonyl (C=S) groups is 1. The second kappa shape index (κ2) is 9.17. The van der Waals surface area contributed by atoms with Crippen LogP contribution in [0.15, 0.2) is 48.5 Å². The van der Waals surface area contributed by atoms with E-state index in [1.54, 1.807) is 48.5 Å². The highest BCUT2D eigenvalue weighted by molar-refractivity contribution is 7.80. The summed E-state index contributed by atoms with van der Waals surface area (Å²) in [4.78, 5) is 24.4. The molecule has 8 heteroatoms. The lowest BCUT2D eigenvalue weighted by Crippen LogP contribution is -2.48. The zero-order valence-corrected chi connectivity index (χ0v) is 15.8. The number of amides is 2. The zero-order valence-electron chi connectivity index (χ0n) is 14.2. The number of benzene rings is 2. The quantitative estimate of drug-likeness (QED) is 0.551. The molecule has 0 aromatic heterocycles. The van der Waals surface area contributed by atoms with Gasteiger partial charge in [-0.15, -0.1) is 0 Å². The van der Waals surface area contributed by atoms with Crippen molar-refractivity contribution in [2.45, 2.75) is 20.0 Å². The van der Waals surface area contributed by atoms with Crippen LogP contribution in [0.25, 0.3) is 0 Å². The van der Waals surface area contributed by atoms with Crippen LogP contribution in [0.5, 0.6) is 5.75 Å². The standard InChI is InChI=1S/C18H18ClN3O3S/c1-11(2)25-15-10-6-4-8-13(15)16(23)20-18(26)22-21-17(24)12-7-3-5-9-14(12)19/h3-11H,1-2H3,(H,21,24)(H2,20,22,23,26). The molecule has 26 heavy (non-hydrogen) atoms. The van der Waals surface area contributed by atoms with Crippen molar-refractivity contribution in [3.8, 4) is 5.75 Å². The van der Waals surface area contributed by atoms with Crippen LogP contribution in [0.4, 0.5) is 0 Å². The molecule has 0 heterocycles. The van der Waals surface area contributed by atoms with Crippen molar-refractivity contribution in [3.63, 3.8) is 0 Å². The van der Waals surface area contributed by atoms with Gasteiger partial charge in [-0.05, 0) is 50.3 Å². The van der Waals surface area contributed by atoms with Crippen LogP contribution < -0.4 is 20.9 Å². The summed E-state index contributed by atoms with van der Waals surface area (Å²) in [7, 11) is 0. The highest BCUT2D eigenvalue weighted by Gasteiger charge is 2.15. The number of nitrogens with one attached hydrogen (secondary N) is 3. The molecule has 0 bridgehead atoms. The summed E-state index contributed by atoms with van der Waals surface area (Å²) < 4.78 is 5.61. The molecule has 2 rings (SSSR count). The fourth-order valence-electron chi connectivity index (χ4n) is 2.04. The van der Waals surface area contributed by atoms with Crippen LogP contribution in [0.3, 0.4) is 0 Å². The van der Waals surface area contributed by atoms with E-state index in [1.165, 1.54) is 0 Å². The van der Waals surface area contributed by atoms with Gasteiger partial charge in [-0.1, -0.05) is 35.9 Å². The minimum Gasteiger partial charge on any atom is -0.490 e. The first-order valence-corrected chi connectivity index (χ1v) is 8.59. The Kier molecular flexibility index (Phi) is 6.94. The molecule has 0 spiro atoms. The molecule has 0 fully saturated rings. The van der Waals surface area contributed by atoms with E-state index < -0.39 is 11.8 Å². The molecule has 136 valence electrons. The zero-order chi connectivity index (χ0) is 19.1. The van der Waals surface area contributed by atoms with E-state index in [0.717, 1.165) is 0 Å². The minimum absolute atomic E-state index is 0.0604. The second-order valence-electron chi connectivity index (χ2n) is 5.50. The molecule has 2 aromatic carbocycles. The van der Waals surface area contributed by atoms with Gasteiger partial charge in [0.15, 0.2) is 5.11 Å². The van der Waals surface area contributed by atoms with Crippen molar-refractivity contribution in [1.82, 2.24) is 16.2 Å². The number of ether oxygens (including phenoxy) is 1. The van der Waals surface area contributed by atoms with Crippen molar-refractivity contribution in [2.75, 3.05) is 0 Å². The maximum Gasteiger partial charge on any atom is 0.271 e. The maximum absolute atomic E-state index is 12.4. The molecule has 0 radical (unpaired) electrons. The van der Waals surface area contributed by atoms with E-state index in [4.69, 9.17) is 28.6 Å². The van der Waals surface area contributed by atoms with Crippen LogP contribution in [0.1, 0.15) is 34.6 Å². The largest absolute Gasteiger partial charge is 0.490 e. The Balaban J connectivity index is 1.95. The SMILES string of the molecule is CC(C)Oc1ccccc1C(=O)NC(=S)NNC(=O)c1ccccc1Cl. The highest BCUT2D eigenvalue weighted by Crippen LogP contribution is 2.19. The predicted octanol–water partition coefficient (Wildman–Crippen LogP) is 3.08. The summed E-state index contributed by atoms with van der Waals surface area (Å²) in [5.41, 5.74) is 5.47. The molecule has 0 aliphatic rings. The number of hydrogen-bond donors (Lipinski definition) is 3. The highest BCUT2D eigenvalue weighted by atomic mass is 35.5. The number of carbonyl (C=O) groups is 2. The van der Waals surface area contributed by atoms with Crippen molar-refractivity contribution in [2.24, 2.45) is 0 Å². The van der Waals surface area contributed by atoms with Crippen LogP contribution in [0, 0.1) is 0 Å². The Morgan fingerprint density at radius 3 is 2.23 bits per heavy atom. The lowest BCUT2D eigenvalue weighted by Gasteiger charge is -2.15. The fourth-order valence-corrected chi connectivity index (χ4v) is 2.40. The average Bonchev–Trinajstić information content (AvgIpc) is 2.60. The average molecular weight is 392 g/mol. The molecule has 0 saturated heterocycles. The molecule has 0 aliphatic heterocycles. The molecular formula is C18H18ClN3O3S. The molecule has 3 N–H and O–H groups in total.